The monoisotopic (exact) mass is 344 g/mol. The van der Waals surface area contributed by atoms with Crippen molar-refractivity contribution in [3.63, 3.8) is 0 Å². The average molecular weight is 344 g/mol. The molecule has 1 saturated carbocycles. The lowest BCUT2D eigenvalue weighted by Gasteiger charge is -2.31. The van der Waals surface area contributed by atoms with E-state index in [1.54, 1.807) is 0 Å². The predicted octanol–water partition coefficient (Wildman–Crippen LogP) is 3.58. The summed E-state index contributed by atoms with van der Waals surface area (Å²) in [6.07, 6.45) is 4.85. The predicted molar refractivity (Wildman–Crippen MR) is 96.8 cm³/mol. The Kier molecular flexibility index (Phi) is 5.23. The normalized spacial score (nSPS) is 20.9. The third kappa shape index (κ3) is 3.64. The van der Waals surface area contributed by atoms with Gasteiger partial charge in [0.05, 0.1) is 5.75 Å². The van der Waals surface area contributed by atoms with E-state index in [1.807, 2.05) is 6.07 Å². The molecule has 1 heterocycles. The summed E-state index contributed by atoms with van der Waals surface area (Å²) < 4.78 is 2.24. The molecule has 1 aromatic carbocycles. The van der Waals surface area contributed by atoms with E-state index in [9.17, 15) is 4.79 Å². The van der Waals surface area contributed by atoms with Crippen LogP contribution < -0.4 is 5.73 Å². The Morgan fingerprint density at radius 2 is 2.12 bits per heavy atom. The molecular weight excluding hydrogens is 320 g/mol. The number of primary amides is 1. The molecule has 5 nitrogen and oxygen atoms in total. The largest absolute Gasteiger partial charge is 0.369 e. The average Bonchev–Trinajstić information content (AvgIpc) is 2.97. The van der Waals surface area contributed by atoms with E-state index in [0.29, 0.717) is 12.0 Å². The van der Waals surface area contributed by atoms with Crippen LogP contribution in [0.25, 0.3) is 11.4 Å². The highest BCUT2D eigenvalue weighted by molar-refractivity contribution is 7.99. The number of aromatic nitrogens is 3. The van der Waals surface area contributed by atoms with Crippen LogP contribution in [-0.2, 0) is 4.79 Å². The second-order valence-electron chi connectivity index (χ2n) is 6.63. The molecule has 128 valence electrons. The number of hydrogen-bond acceptors (Lipinski definition) is 4. The van der Waals surface area contributed by atoms with Gasteiger partial charge in [-0.25, -0.2) is 0 Å². The van der Waals surface area contributed by atoms with Gasteiger partial charge in [0.25, 0.3) is 0 Å². The van der Waals surface area contributed by atoms with Gasteiger partial charge in [0.1, 0.15) is 0 Å². The molecule has 0 aliphatic heterocycles. The summed E-state index contributed by atoms with van der Waals surface area (Å²) in [6.45, 7) is 4.38. The number of hydrogen-bond donors (Lipinski definition) is 1. The Labute approximate surface area is 147 Å². The molecule has 0 unspecified atom stereocenters. The van der Waals surface area contributed by atoms with E-state index in [2.05, 4.69) is 46.8 Å². The number of nitrogens with two attached hydrogens (primary N) is 1. The molecule has 24 heavy (non-hydrogen) atoms. The first-order valence-electron chi connectivity index (χ1n) is 8.49. The smallest absolute Gasteiger partial charge is 0.227 e. The van der Waals surface area contributed by atoms with Crippen molar-refractivity contribution < 1.29 is 4.79 Å². The third-order valence-electron chi connectivity index (χ3n) is 4.68. The second-order valence-corrected chi connectivity index (χ2v) is 7.57. The number of thioether (sulfide) groups is 1. The van der Waals surface area contributed by atoms with Crippen molar-refractivity contribution in [2.75, 3.05) is 5.75 Å². The molecule has 1 aliphatic carbocycles. The molecule has 3 rings (SSSR count). The molecule has 0 saturated heterocycles. The van der Waals surface area contributed by atoms with Crippen molar-refractivity contribution in [1.29, 1.82) is 0 Å². The van der Waals surface area contributed by atoms with Gasteiger partial charge in [0.2, 0.25) is 5.91 Å². The molecule has 2 N–H and O–H groups in total. The molecule has 0 radical (unpaired) electrons. The minimum absolute atomic E-state index is 0.229. The third-order valence-corrected chi connectivity index (χ3v) is 5.65. The van der Waals surface area contributed by atoms with Gasteiger partial charge in [0, 0.05) is 11.6 Å². The second kappa shape index (κ2) is 7.38. The van der Waals surface area contributed by atoms with E-state index in [0.717, 1.165) is 23.0 Å². The summed E-state index contributed by atoms with van der Waals surface area (Å²) in [5.74, 6) is 1.37. The number of benzene rings is 1. The van der Waals surface area contributed by atoms with Gasteiger partial charge in [-0.2, -0.15) is 0 Å². The Bertz CT molecular complexity index is 728. The molecule has 0 bridgehead atoms. The summed E-state index contributed by atoms with van der Waals surface area (Å²) in [7, 11) is 0. The maximum absolute atomic E-state index is 11.2. The number of amides is 1. The van der Waals surface area contributed by atoms with E-state index >= 15 is 0 Å². The highest BCUT2D eigenvalue weighted by Crippen LogP contribution is 2.38. The molecule has 1 aromatic heterocycles. The highest BCUT2D eigenvalue weighted by atomic mass is 32.2. The number of rotatable bonds is 5. The molecule has 6 heteroatoms. The SMILES string of the molecule is Cc1cccc(-c2nnc(SCC(N)=O)n2[C@@H]2CCCC[C@@H]2C)c1. The van der Waals surface area contributed by atoms with Crippen LogP contribution in [0.15, 0.2) is 29.4 Å². The highest BCUT2D eigenvalue weighted by Gasteiger charge is 2.28. The van der Waals surface area contributed by atoms with Crippen LogP contribution >= 0.6 is 11.8 Å². The summed E-state index contributed by atoms with van der Waals surface area (Å²) >= 11 is 1.39. The molecule has 1 amide bonds. The fourth-order valence-corrected chi connectivity index (χ4v) is 4.20. The van der Waals surface area contributed by atoms with Gasteiger partial charge in [-0.15, -0.1) is 10.2 Å². The summed E-state index contributed by atoms with van der Waals surface area (Å²) in [5.41, 5.74) is 7.59. The molecule has 1 fully saturated rings. The van der Waals surface area contributed by atoms with E-state index in [-0.39, 0.29) is 11.7 Å². The summed E-state index contributed by atoms with van der Waals surface area (Å²) in [6, 6.07) is 8.71. The van der Waals surface area contributed by atoms with Crippen LogP contribution in [-0.4, -0.2) is 26.4 Å². The maximum atomic E-state index is 11.2. The lowest BCUT2D eigenvalue weighted by molar-refractivity contribution is -0.115. The van der Waals surface area contributed by atoms with Gasteiger partial charge < -0.3 is 5.73 Å². The van der Waals surface area contributed by atoms with Gasteiger partial charge in [-0.05, 0) is 31.7 Å². The van der Waals surface area contributed by atoms with Crippen molar-refractivity contribution in [3.05, 3.63) is 29.8 Å². The Morgan fingerprint density at radius 1 is 1.33 bits per heavy atom. The minimum atomic E-state index is -0.330. The Morgan fingerprint density at radius 3 is 2.83 bits per heavy atom. The van der Waals surface area contributed by atoms with Crippen LogP contribution in [0.4, 0.5) is 0 Å². The van der Waals surface area contributed by atoms with Crippen LogP contribution in [0.1, 0.15) is 44.2 Å². The zero-order chi connectivity index (χ0) is 17.1. The van der Waals surface area contributed by atoms with Crippen LogP contribution in [0.2, 0.25) is 0 Å². The first-order chi connectivity index (χ1) is 11.6. The van der Waals surface area contributed by atoms with Crippen molar-refractivity contribution in [3.8, 4) is 11.4 Å². The van der Waals surface area contributed by atoms with Crippen molar-refractivity contribution >= 4 is 17.7 Å². The number of nitrogens with zero attached hydrogens (tertiary/aromatic N) is 3. The van der Waals surface area contributed by atoms with Crippen LogP contribution in [0.3, 0.4) is 0 Å². The van der Waals surface area contributed by atoms with E-state index in [1.165, 1.54) is 36.6 Å². The van der Waals surface area contributed by atoms with Gasteiger partial charge in [0.15, 0.2) is 11.0 Å². The lowest BCUT2D eigenvalue weighted by Crippen LogP contribution is -2.23. The van der Waals surface area contributed by atoms with E-state index in [4.69, 9.17) is 5.73 Å². The summed E-state index contributed by atoms with van der Waals surface area (Å²) in [4.78, 5) is 11.2. The molecule has 2 atom stereocenters. The fraction of sp³-hybridized carbons (Fsp3) is 0.500. The first-order valence-corrected chi connectivity index (χ1v) is 9.48. The number of aryl methyl sites for hydroxylation is 1. The molecule has 2 aromatic rings. The topological polar surface area (TPSA) is 73.8 Å². The van der Waals surface area contributed by atoms with Crippen LogP contribution in [0, 0.1) is 12.8 Å². The van der Waals surface area contributed by atoms with Crippen molar-refractivity contribution in [2.45, 2.75) is 50.7 Å². The van der Waals surface area contributed by atoms with Crippen molar-refractivity contribution in [2.24, 2.45) is 11.7 Å². The maximum Gasteiger partial charge on any atom is 0.227 e. The summed E-state index contributed by atoms with van der Waals surface area (Å²) in [5, 5.41) is 9.62. The molecule has 1 aliphatic rings. The van der Waals surface area contributed by atoms with Crippen LogP contribution in [0.5, 0.6) is 0 Å². The Balaban J connectivity index is 2.03. The minimum Gasteiger partial charge on any atom is -0.369 e. The fourth-order valence-electron chi connectivity index (χ4n) is 3.47. The number of carbonyl (C=O) groups excluding carboxylic acids is 1. The van der Waals surface area contributed by atoms with Gasteiger partial charge in [-0.3, -0.25) is 9.36 Å². The molecular formula is C18H24N4OS. The zero-order valence-electron chi connectivity index (χ0n) is 14.2. The number of carbonyl (C=O) groups is 1. The van der Waals surface area contributed by atoms with E-state index < -0.39 is 0 Å². The standard InChI is InChI=1S/C18H24N4OS/c1-12-6-5-8-14(10-12)17-20-21-18(24-11-16(19)23)22(17)15-9-4-3-7-13(15)2/h5-6,8,10,13,15H,3-4,7,9,11H2,1-2H3,(H2,19,23)/t13-,15+/m0/s1. The van der Waals surface area contributed by atoms with Crippen molar-refractivity contribution in [1.82, 2.24) is 14.8 Å². The lowest BCUT2D eigenvalue weighted by atomic mass is 9.85. The molecule has 0 spiro atoms. The van der Waals surface area contributed by atoms with Gasteiger partial charge in [-0.1, -0.05) is 55.3 Å². The van der Waals surface area contributed by atoms with Gasteiger partial charge >= 0.3 is 0 Å². The quantitative estimate of drug-likeness (QED) is 0.841. The zero-order valence-corrected chi connectivity index (χ0v) is 15.1. The first kappa shape index (κ1) is 17.0. The Hall–Kier alpha value is -1.82.